The molecule has 0 aliphatic rings. The van der Waals surface area contributed by atoms with Crippen LogP contribution in [0.4, 0.5) is 5.69 Å². The maximum atomic E-state index is 12.5. The maximum Gasteiger partial charge on any atom is 0.255 e. The molecule has 0 aliphatic carbocycles. The number of anilines is 1. The highest BCUT2D eigenvalue weighted by atomic mass is 32.2. The van der Waals surface area contributed by atoms with Gasteiger partial charge in [-0.15, -0.1) is 11.8 Å². The van der Waals surface area contributed by atoms with Gasteiger partial charge in [0.2, 0.25) is 10.0 Å². The lowest BCUT2D eigenvalue weighted by atomic mass is 10.2. The van der Waals surface area contributed by atoms with Gasteiger partial charge in [0.15, 0.2) is 0 Å². The van der Waals surface area contributed by atoms with Crippen LogP contribution in [-0.2, 0) is 15.8 Å². The third kappa shape index (κ3) is 5.90. The standard InChI is InChI=1S/C21H21N3O3S2/c1-2-23-29(26,27)20-7-3-6-17(13-20)21(25)24-18-8-10-19(11-9-18)28-15-16-5-4-12-22-14-16/h3-14,23H,2,15H2,1H3,(H,24,25). The molecule has 150 valence electrons. The maximum absolute atomic E-state index is 12.5. The van der Waals surface area contributed by atoms with Crippen LogP contribution in [-0.4, -0.2) is 25.9 Å². The Labute approximate surface area is 174 Å². The van der Waals surface area contributed by atoms with Crippen molar-refractivity contribution in [3.8, 4) is 0 Å². The highest BCUT2D eigenvalue weighted by Gasteiger charge is 2.15. The van der Waals surface area contributed by atoms with E-state index in [1.807, 2.05) is 42.6 Å². The van der Waals surface area contributed by atoms with Crippen LogP contribution in [0.1, 0.15) is 22.8 Å². The van der Waals surface area contributed by atoms with Gasteiger partial charge in [-0.1, -0.05) is 19.1 Å². The van der Waals surface area contributed by atoms with Crippen LogP contribution < -0.4 is 10.0 Å². The number of thioether (sulfide) groups is 1. The van der Waals surface area contributed by atoms with E-state index < -0.39 is 10.0 Å². The number of carbonyl (C=O) groups excluding carboxylic acids is 1. The third-order valence-electron chi connectivity index (χ3n) is 3.98. The molecule has 0 bridgehead atoms. The Morgan fingerprint density at radius 1 is 1.07 bits per heavy atom. The molecular weight excluding hydrogens is 406 g/mol. The van der Waals surface area contributed by atoms with Crippen LogP contribution in [0, 0.1) is 0 Å². The third-order valence-corrected chi connectivity index (χ3v) is 6.61. The number of benzene rings is 2. The van der Waals surface area contributed by atoms with E-state index in [1.165, 1.54) is 12.1 Å². The second kappa shape index (κ2) is 9.69. The average Bonchev–Trinajstić information content (AvgIpc) is 2.74. The lowest BCUT2D eigenvalue weighted by molar-refractivity contribution is 0.102. The fraction of sp³-hybridized carbons (Fsp3) is 0.143. The number of nitrogens with zero attached hydrogens (tertiary/aromatic N) is 1. The Morgan fingerprint density at radius 3 is 2.55 bits per heavy atom. The SMILES string of the molecule is CCNS(=O)(=O)c1cccc(C(=O)Nc2ccc(SCc3cccnc3)cc2)c1. The van der Waals surface area contributed by atoms with Crippen LogP contribution in [0.15, 0.2) is 82.8 Å². The molecule has 0 aliphatic heterocycles. The van der Waals surface area contributed by atoms with Crippen molar-refractivity contribution in [3.63, 3.8) is 0 Å². The first-order valence-corrected chi connectivity index (χ1v) is 11.5. The lowest BCUT2D eigenvalue weighted by Crippen LogP contribution is -2.23. The fourth-order valence-corrected chi connectivity index (χ4v) is 4.48. The molecule has 0 spiro atoms. The molecule has 1 aromatic heterocycles. The van der Waals surface area contributed by atoms with Crippen LogP contribution in [0.3, 0.4) is 0 Å². The van der Waals surface area contributed by atoms with E-state index in [2.05, 4.69) is 15.0 Å². The molecule has 0 radical (unpaired) electrons. The fourth-order valence-electron chi connectivity index (χ4n) is 2.57. The van der Waals surface area contributed by atoms with Gasteiger partial charge in [0, 0.05) is 40.8 Å². The van der Waals surface area contributed by atoms with Crippen molar-refractivity contribution in [2.75, 3.05) is 11.9 Å². The number of pyridine rings is 1. The molecule has 1 amide bonds. The van der Waals surface area contributed by atoms with E-state index in [1.54, 1.807) is 37.0 Å². The molecule has 0 saturated heterocycles. The summed E-state index contributed by atoms with van der Waals surface area (Å²) in [4.78, 5) is 17.7. The minimum Gasteiger partial charge on any atom is -0.322 e. The van der Waals surface area contributed by atoms with Crippen LogP contribution in [0.25, 0.3) is 0 Å². The predicted octanol–water partition coefficient (Wildman–Crippen LogP) is 3.92. The van der Waals surface area contributed by atoms with E-state index in [0.29, 0.717) is 5.69 Å². The summed E-state index contributed by atoms with van der Waals surface area (Å²) >= 11 is 1.68. The summed E-state index contributed by atoms with van der Waals surface area (Å²) in [7, 11) is -3.61. The number of hydrogen-bond acceptors (Lipinski definition) is 5. The first-order valence-electron chi connectivity index (χ1n) is 9.01. The number of aromatic nitrogens is 1. The van der Waals surface area contributed by atoms with Gasteiger partial charge in [0.25, 0.3) is 5.91 Å². The summed E-state index contributed by atoms with van der Waals surface area (Å²) < 4.78 is 26.7. The van der Waals surface area contributed by atoms with Crippen molar-refractivity contribution in [1.82, 2.24) is 9.71 Å². The van der Waals surface area contributed by atoms with E-state index >= 15 is 0 Å². The van der Waals surface area contributed by atoms with E-state index in [-0.39, 0.29) is 22.9 Å². The van der Waals surface area contributed by atoms with Gasteiger partial charge < -0.3 is 5.32 Å². The molecule has 0 atom stereocenters. The topological polar surface area (TPSA) is 88.2 Å². The largest absolute Gasteiger partial charge is 0.322 e. The summed E-state index contributed by atoms with van der Waals surface area (Å²) in [5.74, 6) is 0.446. The summed E-state index contributed by atoms with van der Waals surface area (Å²) in [6.45, 7) is 1.98. The van der Waals surface area contributed by atoms with Crippen molar-refractivity contribution < 1.29 is 13.2 Å². The van der Waals surface area contributed by atoms with Crippen LogP contribution in [0.5, 0.6) is 0 Å². The number of nitrogens with one attached hydrogen (secondary N) is 2. The van der Waals surface area contributed by atoms with E-state index in [0.717, 1.165) is 16.2 Å². The first-order chi connectivity index (χ1) is 14.0. The van der Waals surface area contributed by atoms with Gasteiger partial charge in [-0.25, -0.2) is 13.1 Å². The van der Waals surface area contributed by atoms with Crippen molar-refractivity contribution in [1.29, 1.82) is 0 Å². The Kier molecular flexibility index (Phi) is 7.03. The number of amides is 1. The van der Waals surface area contributed by atoms with Crippen molar-refractivity contribution >= 4 is 33.4 Å². The predicted molar refractivity (Wildman–Crippen MR) is 115 cm³/mol. The molecule has 29 heavy (non-hydrogen) atoms. The second-order valence-electron chi connectivity index (χ2n) is 6.16. The molecule has 8 heteroatoms. The summed E-state index contributed by atoms with van der Waals surface area (Å²) in [5, 5.41) is 2.80. The van der Waals surface area contributed by atoms with Crippen LogP contribution in [0.2, 0.25) is 0 Å². The highest BCUT2D eigenvalue weighted by Crippen LogP contribution is 2.24. The molecule has 2 N–H and O–H groups in total. The Hall–Kier alpha value is -2.68. The minimum atomic E-state index is -3.61. The van der Waals surface area contributed by atoms with Gasteiger partial charge in [-0.2, -0.15) is 0 Å². The molecular formula is C21H21N3O3S2. The molecule has 0 saturated carbocycles. The normalized spacial score (nSPS) is 11.2. The molecule has 3 rings (SSSR count). The smallest absolute Gasteiger partial charge is 0.255 e. The summed E-state index contributed by atoms with van der Waals surface area (Å²) in [5.41, 5.74) is 2.06. The molecule has 2 aromatic carbocycles. The Morgan fingerprint density at radius 2 is 1.86 bits per heavy atom. The number of sulfonamides is 1. The summed E-state index contributed by atoms with van der Waals surface area (Å²) in [6, 6.07) is 17.4. The quantitative estimate of drug-likeness (QED) is 0.532. The molecule has 1 heterocycles. The van der Waals surface area contributed by atoms with Crippen molar-refractivity contribution in [3.05, 3.63) is 84.2 Å². The van der Waals surface area contributed by atoms with Crippen molar-refractivity contribution in [2.45, 2.75) is 22.5 Å². The zero-order valence-electron chi connectivity index (χ0n) is 15.8. The average molecular weight is 428 g/mol. The van der Waals surface area contributed by atoms with Gasteiger partial charge >= 0.3 is 0 Å². The highest BCUT2D eigenvalue weighted by molar-refractivity contribution is 7.98. The molecule has 0 fully saturated rings. The monoisotopic (exact) mass is 427 g/mol. The second-order valence-corrected chi connectivity index (χ2v) is 8.97. The first kappa shape index (κ1) is 21.0. The zero-order valence-corrected chi connectivity index (χ0v) is 17.5. The van der Waals surface area contributed by atoms with Gasteiger partial charge in [0.05, 0.1) is 4.90 Å². The lowest BCUT2D eigenvalue weighted by Gasteiger charge is -2.09. The van der Waals surface area contributed by atoms with Gasteiger partial charge in [-0.3, -0.25) is 9.78 Å². The molecule has 0 unspecified atom stereocenters. The zero-order chi connectivity index (χ0) is 20.7. The van der Waals surface area contributed by atoms with Gasteiger partial charge in [-0.05, 0) is 54.1 Å². The van der Waals surface area contributed by atoms with E-state index in [4.69, 9.17) is 0 Å². The minimum absolute atomic E-state index is 0.0640. The van der Waals surface area contributed by atoms with Gasteiger partial charge in [0.1, 0.15) is 0 Å². The molecule has 6 nitrogen and oxygen atoms in total. The Bertz CT molecular complexity index is 1070. The number of carbonyl (C=O) groups is 1. The summed E-state index contributed by atoms with van der Waals surface area (Å²) in [6.07, 6.45) is 3.59. The number of hydrogen-bond donors (Lipinski definition) is 2. The van der Waals surface area contributed by atoms with Crippen molar-refractivity contribution in [2.24, 2.45) is 0 Å². The van der Waals surface area contributed by atoms with Crippen LogP contribution >= 0.6 is 11.8 Å². The van der Waals surface area contributed by atoms with E-state index in [9.17, 15) is 13.2 Å². The molecule has 3 aromatic rings. The Balaban J connectivity index is 1.63. The number of rotatable bonds is 8.